The van der Waals surface area contributed by atoms with E-state index in [1.165, 1.54) is 16.3 Å². The van der Waals surface area contributed by atoms with Crippen molar-refractivity contribution in [3.63, 3.8) is 0 Å². The molecule has 2 aromatic carbocycles. The summed E-state index contributed by atoms with van der Waals surface area (Å²) in [6.45, 7) is 0.552. The molecule has 3 heteroatoms. The zero-order valence-electron chi connectivity index (χ0n) is 12.6. The first-order valence-electron chi connectivity index (χ1n) is 8.18. The highest BCUT2D eigenvalue weighted by atomic mass is 16.3. The number of hydrogen-bond acceptors (Lipinski definition) is 2. The van der Waals surface area contributed by atoms with Crippen molar-refractivity contribution in [2.24, 2.45) is 5.92 Å². The lowest BCUT2D eigenvalue weighted by Gasteiger charge is -2.21. The smallest absolute Gasteiger partial charge is 0.226 e. The molecule has 3 nitrogen and oxygen atoms in total. The molecule has 2 aliphatic rings. The van der Waals surface area contributed by atoms with Gasteiger partial charge in [0, 0.05) is 18.5 Å². The number of rotatable bonds is 5. The third-order valence-corrected chi connectivity index (χ3v) is 4.94. The van der Waals surface area contributed by atoms with Crippen molar-refractivity contribution < 1.29 is 9.90 Å². The van der Waals surface area contributed by atoms with Gasteiger partial charge in [0.05, 0.1) is 6.61 Å². The van der Waals surface area contributed by atoms with Crippen molar-refractivity contribution in [3.8, 4) is 0 Å². The Kier molecular flexibility index (Phi) is 3.38. The minimum absolute atomic E-state index is 0.0634. The van der Waals surface area contributed by atoms with Gasteiger partial charge in [0.1, 0.15) is 0 Å². The molecule has 0 aromatic heterocycles. The average Bonchev–Trinajstić information content (AvgIpc) is 3.45. The summed E-state index contributed by atoms with van der Waals surface area (Å²) in [6.07, 6.45) is 3.14. The largest absolute Gasteiger partial charge is 0.395 e. The second-order valence-electron chi connectivity index (χ2n) is 6.50. The zero-order valence-corrected chi connectivity index (χ0v) is 12.6. The number of amides is 1. The molecule has 0 aliphatic heterocycles. The van der Waals surface area contributed by atoms with Crippen LogP contribution in [0.2, 0.25) is 0 Å². The highest BCUT2D eigenvalue weighted by Crippen LogP contribution is 2.51. The maximum Gasteiger partial charge on any atom is 0.226 e. The van der Waals surface area contributed by atoms with Crippen LogP contribution in [0.5, 0.6) is 0 Å². The van der Waals surface area contributed by atoms with Gasteiger partial charge in [0.25, 0.3) is 0 Å². The lowest BCUT2D eigenvalue weighted by atomic mass is 10.00. The monoisotopic (exact) mass is 295 g/mol. The highest BCUT2D eigenvalue weighted by molar-refractivity contribution is 5.89. The van der Waals surface area contributed by atoms with Gasteiger partial charge in [0.15, 0.2) is 0 Å². The first-order chi connectivity index (χ1) is 10.8. The molecule has 1 amide bonds. The van der Waals surface area contributed by atoms with Gasteiger partial charge in [0.2, 0.25) is 5.91 Å². The van der Waals surface area contributed by atoms with Crippen LogP contribution >= 0.6 is 0 Å². The standard InChI is InChI=1S/C19H21NO2/c21-11-10-20(14-8-9-14)19(22)18-12-17(18)16-7-3-5-13-4-1-2-6-15(13)16/h1-7,14,17-18,21H,8-12H2. The van der Waals surface area contributed by atoms with E-state index >= 15 is 0 Å². The molecule has 2 saturated carbocycles. The Hall–Kier alpha value is -1.87. The summed E-state index contributed by atoms with van der Waals surface area (Å²) in [4.78, 5) is 14.6. The lowest BCUT2D eigenvalue weighted by molar-refractivity contribution is -0.133. The van der Waals surface area contributed by atoms with Gasteiger partial charge in [-0.05, 0) is 41.5 Å². The maximum atomic E-state index is 12.7. The van der Waals surface area contributed by atoms with Crippen LogP contribution in [0.4, 0.5) is 0 Å². The molecule has 2 aromatic rings. The topological polar surface area (TPSA) is 40.5 Å². The van der Waals surface area contributed by atoms with Crippen LogP contribution in [0.1, 0.15) is 30.7 Å². The Bertz CT molecular complexity index is 702. The summed E-state index contributed by atoms with van der Waals surface area (Å²) in [5.41, 5.74) is 1.30. The summed E-state index contributed by atoms with van der Waals surface area (Å²) >= 11 is 0. The second kappa shape index (κ2) is 5.40. The normalized spacial score (nSPS) is 23.5. The van der Waals surface area contributed by atoms with Gasteiger partial charge in [-0.3, -0.25) is 4.79 Å². The van der Waals surface area contributed by atoms with Crippen molar-refractivity contribution in [1.29, 1.82) is 0 Å². The van der Waals surface area contributed by atoms with E-state index in [1.54, 1.807) is 0 Å². The fourth-order valence-electron chi connectivity index (χ4n) is 3.57. The summed E-state index contributed by atoms with van der Waals surface area (Å²) in [6, 6.07) is 15.1. The van der Waals surface area contributed by atoms with Gasteiger partial charge < -0.3 is 10.0 Å². The molecule has 2 unspecified atom stereocenters. The molecule has 114 valence electrons. The Morgan fingerprint density at radius 3 is 2.68 bits per heavy atom. The average molecular weight is 295 g/mol. The predicted molar refractivity (Wildman–Crippen MR) is 86.6 cm³/mol. The quantitative estimate of drug-likeness (QED) is 0.921. The number of aliphatic hydroxyl groups excluding tert-OH is 1. The molecule has 0 bridgehead atoms. The van der Waals surface area contributed by atoms with Gasteiger partial charge >= 0.3 is 0 Å². The van der Waals surface area contributed by atoms with Crippen molar-refractivity contribution in [1.82, 2.24) is 4.90 Å². The van der Waals surface area contributed by atoms with E-state index in [0.29, 0.717) is 18.5 Å². The molecule has 1 N–H and O–H groups in total. The molecule has 0 saturated heterocycles. The third kappa shape index (κ3) is 2.40. The van der Waals surface area contributed by atoms with E-state index in [0.717, 1.165) is 19.3 Å². The van der Waals surface area contributed by atoms with E-state index in [-0.39, 0.29) is 18.4 Å². The SMILES string of the molecule is O=C(C1CC1c1cccc2ccccc12)N(CCO)C1CC1. The first kappa shape index (κ1) is 13.8. The van der Waals surface area contributed by atoms with E-state index in [9.17, 15) is 9.90 Å². The van der Waals surface area contributed by atoms with E-state index < -0.39 is 0 Å². The van der Waals surface area contributed by atoms with Crippen molar-refractivity contribution in [2.75, 3.05) is 13.2 Å². The number of nitrogens with zero attached hydrogens (tertiary/aromatic N) is 1. The van der Waals surface area contributed by atoms with Gasteiger partial charge in [-0.1, -0.05) is 42.5 Å². The number of carbonyl (C=O) groups excluding carboxylic acids is 1. The van der Waals surface area contributed by atoms with Gasteiger partial charge in [-0.15, -0.1) is 0 Å². The Labute approximate surface area is 130 Å². The predicted octanol–water partition coefficient (Wildman–Crippen LogP) is 2.93. The maximum absolute atomic E-state index is 12.7. The Morgan fingerprint density at radius 1 is 1.14 bits per heavy atom. The first-order valence-corrected chi connectivity index (χ1v) is 8.18. The number of hydrogen-bond donors (Lipinski definition) is 1. The number of benzene rings is 2. The molecular weight excluding hydrogens is 274 g/mol. The summed E-state index contributed by atoms with van der Waals surface area (Å²) in [5.74, 6) is 0.700. The summed E-state index contributed by atoms with van der Waals surface area (Å²) < 4.78 is 0. The van der Waals surface area contributed by atoms with Crippen LogP contribution in [0.25, 0.3) is 10.8 Å². The number of aliphatic hydroxyl groups is 1. The fraction of sp³-hybridized carbons (Fsp3) is 0.421. The van der Waals surface area contributed by atoms with Crippen LogP contribution in [0.15, 0.2) is 42.5 Å². The Morgan fingerprint density at radius 2 is 1.91 bits per heavy atom. The summed E-state index contributed by atoms with van der Waals surface area (Å²) in [5, 5.41) is 11.7. The number of carbonyl (C=O) groups is 1. The Balaban J connectivity index is 1.57. The molecular formula is C19H21NO2. The molecule has 4 rings (SSSR count). The van der Waals surface area contributed by atoms with E-state index in [2.05, 4.69) is 42.5 Å². The van der Waals surface area contributed by atoms with Crippen LogP contribution in [-0.4, -0.2) is 35.1 Å². The molecule has 22 heavy (non-hydrogen) atoms. The molecule has 0 heterocycles. The van der Waals surface area contributed by atoms with Gasteiger partial charge in [-0.25, -0.2) is 0 Å². The third-order valence-electron chi connectivity index (χ3n) is 4.94. The van der Waals surface area contributed by atoms with E-state index in [4.69, 9.17) is 0 Å². The van der Waals surface area contributed by atoms with Crippen LogP contribution in [0.3, 0.4) is 0 Å². The van der Waals surface area contributed by atoms with Gasteiger partial charge in [-0.2, -0.15) is 0 Å². The van der Waals surface area contributed by atoms with E-state index in [1.807, 2.05) is 4.90 Å². The molecule has 2 atom stereocenters. The molecule has 0 spiro atoms. The fourth-order valence-corrected chi connectivity index (χ4v) is 3.57. The van der Waals surface area contributed by atoms with Crippen LogP contribution in [0, 0.1) is 5.92 Å². The minimum atomic E-state index is 0.0634. The zero-order chi connectivity index (χ0) is 15.1. The van der Waals surface area contributed by atoms with Crippen molar-refractivity contribution in [3.05, 3.63) is 48.0 Å². The lowest BCUT2D eigenvalue weighted by Crippen LogP contribution is -2.36. The summed E-state index contributed by atoms with van der Waals surface area (Å²) in [7, 11) is 0. The minimum Gasteiger partial charge on any atom is -0.395 e. The highest BCUT2D eigenvalue weighted by Gasteiger charge is 2.48. The van der Waals surface area contributed by atoms with Crippen molar-refractivity contribution >= 4 is 16.7 Å². The van der Waals surface area contributed by atoms with Crippen LogP contribution in [-0.2, 0) is 4.79 Å². The van der Waals surface area contributed by atoms with Crippen LogP contribution < -0.4 is 0 Å². The van der Waals surface area contributed by atoms with Crippen molar-refractivity contribution in [2.45, 2.75) is 31.2 Å². The molecule has 2 fully saturated rings. The number of fused-ring (bicyclic) bond motifs is 1. The second-order valence-corrected chi connectivity index (χ2v) is 6.50. The molecule has 2 aliphatic carbocycles. The molecule has 0 radical (unpaired) electrons.